The zero-order chi connectivity index (χ0) is 18.8. The number of thiophene rings is 1. The minimum atomic E-state index is -0.411. The van der Waals surface area contributed by atoms with Crippen LogP contribution in [-0.2, 0) is 12.8 Å². The summed E-state index contributed by atoms with van der Waals surface area (Å²) >= 11 is 7.71. The number of rotatable bonds is 4. The van der Waals surface area contributed by atoms with Crippen LogP contribution in [0.4, 0.5) is 11.4 Å². The molecule has 0 saturated carbocycles. The number of nitrogens with one attached hydrogen (secondary N) is 2. The first kappa shape index (κ1) is 17.8. The van der Waals surface area contributed by atoms with E-state index in [1.807, 2.05) is 5.38 Å². The summed E-state index contributed by atoms with van der Waals surface area (Å²) in [5.41, 5.74) is 2.77. The Hall–Kier alpha value is -2.57. The molecule has 7 heteroatoms. The first-order valence-corrected chi connectivity index (χ1v) is 9.92. The van der Waals surface area contributed by atoms with Crippen molar-refractivity contribution in [1.29, 1.82) is 0 Å². The molecule has 1 aliphatic rings. The molecule has 5 nitrogen and oxygen atoms in total. The molecule has 3 aromatic rings. The smallest absolute Gasteiger partial charge is 0.291 e. The molecule has 2 aromatic heterocycles. The summed E-state index contributed by atoms with van der Waals surface area (Å²) in [6.45, 7) is 0. The average Bonchev–Trinajstić information content (AvgIpc) is 3.33. The zero-order valence-electron chi connectivity index (χ0n) is 14.4. The summed E-state index contributed by atoms with van der Waals surface area (Å²) in [4.78, 5) is 26.4. The van der Waals surface area contributed by atoms with E-state index in [0.717, 1.165) is 24.8 Å². The summed E-state index contributed by atoms with van der Waals surface area (Å²) in [5, 5.41) is 8.02. The summed E-state index contributed by atoms with van der Waals surface area (Å²) in [6.07, 6.45) is 5.68. The van der Waals surface area contributed by atoms with Crippen LogP contribution >= 0.6 is 22.9 Å². The highest BCUT2D eigenvalue weighted by atomic mass is 35.5. The molecule has 4 rings (SSSR count). The maximum absolute atomic E-state index is 12.8. The Bertz CT molecular complexity index is 995. The quantitative estimate of drug-likeness (QED) is 0.617. The third-order valence-electron chi connectivity index (χ3n) is 4.53. The van der Waals surface area contributed by atoms with Crippen LogP contribution in [0.25, 0.3) is 0 Å². The fourth-order valence-corrected chi connectivity index (χ4v) is 4.49. The van der Waals surface area contributed by atoms with Gasteiger partial charge in [-0.25, -0.2) is 0 Å². The van der Waals surface area contributed by atoms with Gasteiger partial charge >= 0.3 is 0 Å². The number of fused-ring (bicyclic) bond motifs is 1. The lowest BCUT2D eigenvalue weighted by Crippen LogP contribution is -2.17. The van der Waals surface area contributed by atoms with Gasteiger partial charge in [-0.1, -0.05) is 11.6 Å². The largest absolute Gasteiger partial charge is 0.459 e. The predicted octanol–water partition coefficient (Wildman–Crippen LogP) is 5.38. The molecular formula is C20H17ClN2O3S. The number of amides is 2. The van der Waals surface area contributed by atoms with Gasteiger partial charge in [0.2, 0.25) is 0 Å². The fourth-order valence-electron chi connectivity index (χ4n) is 3.19. The lowest BCUT2D eigenvalue weighted by molar-refractivity contribution is 0.0993. The zero-order valence-corrected chi connectivity index (χ0v) is 16.0. The van der Waals surface area contributed by atoms with E-state index < -0.39 is 5.91 Å². The van der Waals surface area contributed by atoms with E-state index in [0.29, 0.717) is 22.0 Å². The van der Waals surface area contributed by atoms with Gasteiger partial charge in [-0.15, -0.1) is 11.3 Å². The van der Waals surface area contributed by atoms with Gasteiger partial charge in [-0.2, -0.15) is 0 Å². The Morgan fingerprint density at radius 3 is 2.67 bits per heavy atom. The van der Waals surface area contributed by atoms with Crippen molar-refractivity contribution in [2.45, 2.75) is 25.7 Å². The second kappa shape index (κ2) is 7.58. The number of carbonyl (C=O) groups excluding carboxylic acids is 2. The van der Waals surface area contributed by atoms with Gasteiger partial charge in [0.25, 0.3) is 11.8 Å². The van der Waals surface area contributed by atoms with Crippen molar-refractivity contribution in [1.82, 2.24) is 0 Å². The molecule has 0 fully saturated rings. The number of halogens is 1. The summed E-state index contributed by atoms with van der Waals surface area (Å²) in [5.74, 6) is -0.407. The van der Waals surface area contributed by atoms with Gasteiger partial charge in [-0.3, -0.25) is 9.59 Å². The molecule has 1 aromatic carbocycles. The van der Waals surface area contributed by atoms with Crippen LogP contribution in [-0.4, -0.2) is 11.8 Å². The third-order valence-corrected chi connectivity index (χ3v) is 5.85. The van der Waals surface area contributed by atoms with Crippen molar-refractivity contribution in [3.8, 4) is 0 Å². The molecule has 0 unspecified atom stereocenters. The molecule has 2 amide bonds. The molecule has 0 aliphatic heterocycles. The van der Waals surface area contributed by atoms with Gasteiger partial charge in [0.15, 0.2) is 5.76 Å². The van der Waals surface area contributed by atoms with E-state index in [1.54, 1.807) is 41.7 Å². The average molecular weight is 401 g/mol. The normalized spacial score (nSPS) is 13.1. The number of carbonyl (C=O) groups is 2. The van der Waals surface area contributed by atoms with Crippen LogP contribution < -0.4 is 10.6 Å². The van der Waals surface area contributed by atoms with Crippen LogP contribution in [0.3, 0.4) is 0 Å². The van der Waals surface area contributed by atoms with Gasteiger partial charge < -0.3 is 15.1 Å². The third kappa shape index (κ3) is 3.77. The van der Waals surface area contributed by atoms with Crippen LogP contribution in [0.2, 0.25) is 5.02 Å². The minimum Gasteiger partial charge on any atom is -0.459 e. The van der Waals surface area contributed by atoms with E-state index >= 15 is 0 Å². The summed E-state index contributed by atoms with van der Waals surface area (Å²) in [6, 6.07) is 8.14. The van der Waals surface area contributed by atoms with Gasteiger partial charge in [0.1, 0.15) is 0 Å². The molecule has 1 aliphatic carbocycles. The van der Waals surface area contributed by atoms with Crippen LogP contribution in [0, 0.1) is 0 Å². The van der Waals surface area contributed by atoms with E-state index in [1.165, 1.54) is 17.6 Å². The molecule has 0 bridgehead atoms. The standard InChI is InChI=1S/C20H17ClN2O3S/c21-12-7-8-15(16(10-12)23-20(25)17-5-3-9-26-17)22-19(24)14-11-27-18-6-2-1-4-13(14)18/h3,5,7-11H,1-2,4,6H2,(H,22,24)(H,23,25). The molecule has 0 radical (unpaired) electrons. The highest BCUT2D eigenvalue weighted by Gasteiger charge is 2.21. The lowest BCUT2D eigenvalue weighted by Gasteiger charge is -2.15. The summed E-state index contributed by atoms with van der Waals surface area (Å²) in [7, 11) is 0. The molecule has 2 heterocycles. The highest BCUT2D eigenvalue weighted by molar-refractivity contribution is 7.10. The van der Waals surface area contributed by atoms with Crippen LogP contribution in [0.5, 0.6) is 0 Å². The van der Waals surface area contributed by atoms with Gasteiger partial charge in [-0.05, 0) is 61.6 Å². The second-order valence-electron chi connectivity index (χ2n) is 6.33. The number of benzene rings is 1. The number of anilines is 2. The minimum absolute atomic E-state index is 0.176. The van der Waals surface area contributed by atoms with Crippen molar-refractivity contribution >= 4 is 46.1 Å². The molecule has 0 saturated heterocycles. The summed E-state index contributed by atoms with van der Waals surface area (Å²) < 4.78 is 5.11. The van der Waals surface area contributed by atoms with E-state index in [4.69, 9.17) is 16.0 Å². The Morgan fingerprint density at radius 1 is 1.04 bits per heavy atom. The maximum Gasteiger partial charge on any atom is 0.291 e. The highest BCUT2D eigenvalue weighted by Crippen LogP contribution is 2.32. The van der Waals surface area contributed by atoms with E-state index in [9.17, 15) is 9.59 Å². The first-order valence-electron chi connectivity index (χ1n) is 8.67. The molecule has 27 heavy (non-hydrogen) atoms. The van der Waals surface area contributed by atoms with Crippen molar-refractivity contribution in [2.75, 3.05) is 10.6 Å². The molecule has 2 N–H and O–H groups in total. The fraction of sp³-hybridized carbons (Fsp3) is 0.200. The monoisotopic (exact) mass is 400 g/mol. The van der Waals surface area contributed by atoms with E-state index in [2.05, 4.69) is 10.6 Å². The maximum atomic E-state index is 12.8. The molecule has 0 spiro atoms. The Kier molecular flexibility index (Phi) is 5.01. The number of hydrogen-bond donors (Lipinski definition) is 2. The predicted molar refractivity (Wildman–Crippen MR) is 107 cm³/mol. The Balaban J connectivity index is 1.57. The SMILES string of the molecule is O=C(Nc1cc(Cl)ccc1NC(=O)c1csc2c1CCCC2)c1ccco1. The van der Waals surface area contributed by atoms with Gasteiger partial charge in [0, 0.05) is 15.3 Å². The second-order valence-corrected chi connectivity index (χ2v) is 7.73. The van der Waals surface area contributed by atoms with Crippen LogP contribution in [0.15, 0.2) is 46.4 Å². The number of aryl methyl sites for hydroxylation is 1. The van der Waals surface area contributed by atoms with Crippen molar-refractivity contribution in [3.63, 3.8) is 0 Å². The van der Waals surface area contributed by atoms with E-state index in [-0.39, 0.29) is 11.7 Å². The Morgan fingerprint density at radius 2 is 1.85 bits per heavy atom. The van der Waals surface area contributed by atoms with Crippen LogP contribution in [0.1, 0.15) is 44.2 Å². The van der Waals surface area contributed by atoms with Crippen molar-refractivity contribution in [2.24, 2.45) is 0 Å². The number of hydrogen-bond acceptors (Lipinski definition) is 4. The number of furan rings is 1. The topological polar surface area (TPSA) is 71.3 Å². The Labute approximate surface area is 165 Å². The van der Waals surface area contributed by atoms with Crippen molar-refractivity contribution in [3.05, 3.63) is 68.8 Å². The van der Waals surface area contributed by atoms with Crippen molar-refractivity contribution < 1.29 is 14.0 Å². The first-order chi connectivity index (χ1) is 13.1. The molecule has 0 atom stereocenters. The lowest BCUT2D eigenvalue weighted by atomic mass is 9.95. The van der Waals surface area contributed by atoms with Gasteiger partial charge in [0.05, 0.1) is 23.2 Å². The molecule has 138 valence electrons. The molecular weight excluding hydrogens is 384 g/mol.